The van der Waals surface area contributed by atoms with Crippen LogP contribution in [0.15, 0.2) is 123 Å². The smallest absolute Gasteiger partial charge is 0.254 e. The third kappa shape index (κ3) is 6.56. The number of hydrogen-bond donors (Lipinski definition) is 1. The van der Waals surface area contributed by atoms with Gasteiger partial charge in [0.15, 0.2) is 42.2 Å². The molecule has 9 nitrogen and oxygen atoms in total. The first-order valence-corrected chi connectivity index (χ1v) is 19.1. The van der Waals surface area contributed by atoms with E-state index in [1.165, 1.54) is 21.2 Å². The highest BCUT2D eigenvalue weighted by Gasteiger charge is 2.29. The van der Waals surface area contributed by atoms with Gasteiger partial charge in [0.05, 0.1) is 30.5 Å². The van der Waals surface area contributed by atoms with E-state index >= 15 is 0 Å². The molecule has 8 rings (SSSR count). The Bertz CT molecular complexity index is 2310. The molecule has 4 aliphatic rings. The van der Waals surface area contributed by atoms with Crippen molar-refractivity contribution >= 4 is 74.4 Å². The summed E-state index contributed by atoms with van der Waals surface area (Å²) in [6, 6.07) is 38.6. The Balaban J connectivity index is 1.22. The van der Waals surface area contributed by atoms with Crippen LogP contribution in [0.5, 0.6) is 0 Å². The lowest BCUT2D eigenvalue weighted by molar-refractivity contribution is -0.193. The van der Waals surface area contributed by atoms with Crippen molar-refractivity contribution in [3.8, 4) is 22.5 Å². The van der Waals surface area contributed by atoms with Gasteiger partial charge in [-0.3, -0.25) is 4.79 Å². The van der Waals surface area contributed by atoms with E-state index in [0.717, 1.165) is 56.7 Å². The molecule has 1 atom stereocenters. The Labute approximate surface area is 320 Å². The number of anilines is 4. The van der Waals surface area contributed by atoms with Crippen LogP contribution in [0.4, 0.5) is 22.7 Å². The summed E-state index contributed by atoms with van der Waals surface area (Å²) in [5.41, 5.74) is 8.67. The molecule has 264 valence electrons. The summed E-state index contributed by atoms with van der Waals surface area (Å²) in [5.74, 6) is 0.429. The van der Waals surface area contributed by atoms with Gasteiger partial charge < -0.3 is 24.2 Å². The first kappa shape index (κ1) is 34.7. The molecule has 0 saturated carbocycles. The van der Waals surface area contributed by atoms with Gasteiger partial charge in [-0.05, 0) is 67.1 Å². The van der Waals surface area contributed by atoms with E-state index in [-0.39, 0.29) is 12.5 Å². The summed E-state index contributed by atoms with van der Waals surface area (Å²) in [7, 11) is 2.07. The zero-order valence-electron chi connectivity index (χ0n) is 28.9. The highest BCUT2D eigenvalue weighted by atomic mass is 127. The van der Waals surface area contributed by atoms with Gasteiger partial charge in [-0.15, -0.1) is 0 Å². The van der Waals surface area contributed by atoms with E-state index in [1.807, 2.05) is 30.0 Å². The third-order valence-corrected chi connectivity index (χ3v) is 11.3. The first-order chi connectivity index (χ1) is 25.4. The second kappa shape index (κ2) is 14.9. The standard InChI is InChI=1S/C41H38IN4O5S/c1-3-46-33-11-7-8-12-38(33)52-39-23-27(13-18-34(39)46)40-31-16-14-29(43(2)28-9-5-4-6-10-28)24-36(31)50-37-25-30(15-17-32(37)40)44-19-21-45(22-20-44)41(48)35(47)26-49-51-42/h4-18,23-25,35,47H,3,19-22,26H2,1-2H3/q+1. The fourth-order valence-corrected chi connectivity index (χ4v) is 8.55. The first-order valence-electron chi connectivity index (χ1n) is 17.4. The molecule has 0 bridgehead atoms. The second-order valence-electron chi connectivity index (χ2n) is 12.9. The van der Waals surface area contributed by atoms with Crippen LogP contribution < -0.4 is 19.7 Å². The summed E-state index contributed by atoms with van der Waals surface area (Å²) in [5, 5.41) is 12.3. The molecule has 0 radical (unpaired) electrons. The van der Waals surface area contributed by atoms with Crippen molar-refractivity contribution < 1.29 is 22.4 Å². The minimum absolute atomic E-state index is 0.208. The molecular formula is C41H38IN4O5S+. The zero-order chi connectivity index (χ0) is 35.8. The summed E-state index contributed by atoms with van der Waals surface area (Å²) < 4.78 is 13.6. The van der Waals surface area contributed by atoms with Gasteiger partial charge in [0.25, 0.3) is 5.91 Å². The average molecular weight is 826 g/mol. The van der Waals surface area contributed by atoms with Crippen molar-refractivity contribution in [2.45, 2.75) is 22.8 Å². The second-order valence-corrected chi connectivity index (χ2v) is 14.3. The molecule has 0 aromatic heterocycles. The molecule has 4 aromatic carbocycles. The maximum Gasteiger partial charge on any atom is 0.254 e. The van der Waals surface area contributed by atoms with Gasteiger partial charge in [-0.2, -0.15) is 3.22 Å². The number of nitrogens with zero attached hydrogens (tertiary/aromatic N) is 4. The number of rotatable bonds is 8. The highest BCUT2D eigenvalue weighted by Crippen LogP contribution is 2.50. The SMILES string of the molecule is CCN1c2ccccc2Sc2cc(-c3c4ccc(=[N+]5CCN(C(=O)C(O)COOI)CC5)cc-4oc4cc(N(C)c5ccccc5)ccc34)ccc21. The van der Waals surface area contributed by atoms with Gasteiger partial charge in [-0.1, -0.05) is 48.2 Å². The van der Waals surface area contributed by atoms with E-state index in [9.17, 15) is 9.90 Å². The molecule has 1 aliphatic carbocycles. The molecule has 1 unspecified atom stereocenters. The summed E-state index contributed by atoms with van der Waals surface area (Å²) in [4.78, 5) is 26.2. The fourth-order valence-electron chi connectivity index (χ4n) is 7.27. The van der Waals surface area contributed by atoms with Crippen molar-refractivity contribution in [1.29, 1.82) is 0 Å². The Kier molecular flexibility index (Phi) is 9.95. The molecular weight excluding hydrogens is 787 g/mol. The van der Waals surface area contributed by atoms with Crippen LogP contribution in [0.2, 0.25) is 0 Å². The number of hydrogen-bond acceptors (Lipinski definition) is 8. The van der Waals surface area contributed by atoms with Gasteiger partial charge >= 0.3 is 0 Å². The van der Waals surface area contributed by atoms with Crippen LogP contribution in [0.1, 0.15) is 6.92 Å². The Morgan fingerprint density at radius 3 is 2.48 bits per heavy atom. The highest BCUT2D eigenvalue weighted by molar-refractivity contribution is 14.1. The van der Waals surface area contributed by atoms with E-state index in [4.69, 9.17) is 9.30 Å². The van der Waals surface area contributed by atoms with Crippen molar-refractivity contribution in [2.75, 3.05) is 56.2 Å². The largest absolute Gasteiger partial charge is 0.456 e. The van der Waals surface area contributed by atoms with Crippen molar-refractivity contribution in [3.05, 3.63) is 115 Å². The van der Waals surface area contributed by atoms with Gasteiger partial charge in [0.2, 0.25) is 5.36 Å². The number of aliphatic hydroxyl groups excluding tert-OH is 1. The average Bonchev–Trinajstić information content (AvgIpc) is 3.20. The number of halogens is 1. The van der Waals surface area contributed by atoms with Crippen LogP contribution in [-0.2, 0) is 12.9 Å². The van der Waals surface area contributed by atoms with Crippen LogP contribution in [0.3, 0.4) is 0 Å². The van der Waals surface area contributed by atoms with Crippen LogP contribution in [-0.4, -0.2) is 68.4 Å². The summed E-state index contributed by atoms with van der Waals surface area (Å²) in [6.45, 7) is 5.09. The predicted molar refractivity (Wildman–Crippen MR) is 215 cm³/mol. The molecule has 0 spiro atoms. The molecule has 52 heavy (non-hydrogen) atoms. The number of aliphatic hydroxyl groups is 1. The van der Waals surface area contributed by atoms with E-state index in [1.54, 1.807) is 27.9 Å². The summed E-state index contributed by atoms with van der Waals surface area (Å²) in [6.07, 6.45) is -1.26. The molecule has 11 heteroatoms. The van der Waals surface area contributed by atoms with Gasteiger partial charge in [-0.25, -0.2) is 9.46 Å². The predicted octanol–water partition coefficient (Wildman–Crippen LogP) is 7.87. The fraction of sp³-hybridized carbons (Fsp3) is 0.220. The zero-order valence-corrected chi connectivity index (χ0v) is 31.8. The molecule has 4 aromatic rings. The Morgan fingerprint density at radius 2 is 1.69 bits per heavy atom. The Morgan fingerprint density at radius 1 is 0.923 bits per heavy atom. The number of benzene rings is 5. The normalized spacial score (nSPS) is 14.7. The van der Waals surface area contributed by atoms with E-state index in [0.29, 0.717) is 26.2 Å². The number of carbonyl (C=O) groups is 1. The number of piperazine rings is 1. The number of fused-ring (bicyclic) bond motifs is 4. The monoisotopic (exact) mass is 825 g/mol. The molecule has 1 N–H and O–H groups in total. The molecule has 1 fully saturated rings. The third-order valence-electron chi connectivity index (χ3n) is 9.96. The van der Waals surface area contributed by atoms with Crippen LogP contribution >= 0.6 is 34.8 Å². The lowest BCUT2D eigenvalue weighted by Crippen LogP contribution is -2.53. The van der Waals surface area contributed by atoms with Crippen LogP contribution in [0, 0.1) is 0 Å². The topological polar surface area (TPSA) is 81.6 Å². The van der Waals surface area contributed by atoms with Gasteiger partial charge in [0, 0.05) is 63.4 Å². The summed E-state index contributed by atoms with van der Waals surface area (Å²) >= 11 is 3.38. The minimum Gasteiger partial charge on any atom is -0.456 e. The number of para-hydroxylation sites is 2. The van der Waals surface area contributed by atoms with Crippen molar-refractivity contribution in [3.63, 3.8) is 0 Å². The lowest BCUT2D eigenvalue weighted by atomic mass is 9.93. The quantitative estimate of drug-likeness (QED) is 0.0547. The maximum atomic E-state index is 12.8. The van der Waals surface area contributed by atoms with Crippen molar-refractivity contribution in [1.82, 2.24) is 9.48 Å². The van der Waals surface area contributed by atoms with Crippen LogP contribution in [0.25, 0.3) is 33.4 Å². The molecule has 3 heterocycles. The molecule has 3 aliphatic heterocycles. The van der Waals surface area contributed by atoms with Crippen molar-refractivity contribution in [2.24, 2.45) is 0 Å². The lowest BCUT2D eigenvalue weighted by Gasteiger charge is -2.32. The van der Waals surface area contributed by atoms with E-state index in [2.05, 4.69) is 123 Å². The minimum atomic E-state index is -1.26. The molecule has 1 amide bonds. The maximum absolute atomic E-state index is 12.8. The number of amides is 1. The number of carbonyl (C=O) groups excluding carboxylic acids is 1. The van der Waals surface area contributed by atoms with E-state index < -0.39 is 6.10 Å². The van der Waals surface area contributed by atoms with Gasteiger partial charge in [0.1, 0.15) is 18.0 Å². The Hall–Kier alpha value is -4.40. The molecule has 1 saturated heterocycles.